The highest BCUT2D eigenvalue weighted by Gasteiger charge is 2.50. The molecule has 11 heteroatoms. The van der Waals surface area contributed by atoms with E-state index in [-0.39, 0.29) is 6.54 Å². The van der Waals surface area contributed by atoms with Crippen molar-refractivity contribution in [1.29, 1.82) is 0 Å². The Labute approximate surface area is 237 Å². The summed E-state index contributed by atoms with van der Waals surface area (Å²) in [5.41, 5.74) is -0.667. The lowest BCUT2D eigenvalue weighted by molar-refractivity contribution is -0.0518. The van der Waals surface area contributed by atoms with Crippen LogP contribution in [0.5, 0.6) is 5.75 Å². The average Bonchev–Trinajstić information content (AvgIpc) is 3.39. The normalized spacial score (nSPS) is 23.4. The number of methoxy groups -OCH3 is 1. The molecule has 2 heterocycles. The second-order valence-electron chi connectivity index (χ2n) is 12.5. The fourth-order valence-corrected chi connectivity index (χ4v) is 4.86. The predicted molar refractivity (Wildman–Crippen MR) is 148 cm³/mol. The van der Waals surface area contributed by atoms with Gasteiger partial charge >= 0.3 is 18.3 Å². The van der Waals surface area contributed by atoms with Gasteiger partial charge in [0.15, 0.2) is 12.2 Å². The third-order valence-corrected chi connectivity index (χ3v) is 6.66. The van der Waals surface area contributed by atoms with E-state index in [0.29, 0.717) is 24.6 Å². The van der Waals surface area contributed by atoms with Gasteiger partial charge in [0.1, 0.15) is 17.0 Å². The molecule has 2 amide bonds. The van der Waals surface area contributed by atoms with Gasteiger partial charge in [-0.15, -0.1) is 0 Å². The lowest BCUT2D eigenvalue weighted by Crippen LogP contribution is -2.46. The molecule has 0 unspecified atom stereocenters. The molecule has 1 aromatic carbocycles. The molecule has 2 aliphatic rings. The minimum absolute atomic E-state index is 0.0274. The van der Waals surface area contributed by atoms with Crippen molar-refractivity contribution in [3.8, 4) is 5.75 Å². The quantitative estimate of drug-likeness (QED) is 0.384. The van der Waals surface area contributed by atoms with Crippen LogP contribution in [0.4, 0.5) is 14.4 Å². The van der Waals surface area contributed by atoms with Crippen molar-refractivity contribution in [3.63, 3.8) is 0 Å². The molecule has 40 heavy (non-hydrogen) atoms. The van der Waals surface area contributed by atoms with E-state index in [4.69, 9.17) is 23.7 Å². The fourth-order valence-electron chi connectivity index (χ4n) is 4.86. The summed E-state index contributed by atoms with van der Waals surface area (Å²) in [6.45, 7) is 12.8. The summed E-state index contributed by atoms with van der Waals surface area (Å²) in [6, 6.07) is 6.72. The number of hydrogen-bond donors (Lipinski definition) is 1. The number of nitrogens with zero attached hydrogens (tertiary/aromatic N) is 2. The first-order valence-corrected chi connectivity index (χ1v) is 13.8. The summed E-state index contributed by atoms with van der Waals surface area (Å²) in [4.78, 5) is 42.7. The van der Waals surface area contributed by atoms with E-state index in [1.54, 1.807) is 48.7 Å². The maximum atomic E-state index is 13.3. The first kappa shape index (κ1) is 31.3. The zero-order valence-electron chi connectivity index (χ0n) is 25.0. The largest absolute Gasteiger partial charge is 0.509 e. The van der Waals surface area contributed by atoms with E-state index in [0.717, 1.165) is 25.1 Å². The van der Waals surface area contributed by atoms with Crippen molar-refractivity contribution in [3.05, 3.63) is 29.8 Å². The molecule has 0 spiro atoms. The molecule has 1 aromatic rings. The van der Waals surface area contributed by atoms with Crippen LogP contribution < -0.4 is 10.1 Å². The fraction of sp³-hybridized carbons (Fsp3) is 0.690. The Kier molecular flexibility index (Phi) is 10.2. The zero-order chi connectivity index (χ0) is 29.7. The summed E-state index contributed by atoms with van der Waals surface area (Å²) >= 11 is 0. The third-order valence-electron chi connectivity index (χ3n) is 6.66. The van der Waals surface area contributed by atoms with E-state index >= 15 is 0 Å². The van der Waals surface area contributed by atoms with E-state index in [1.165, 1.54) is 4.90 Å². The van der Waals surface area contributed by atoms with Crippen molar-refractivity contribution in [2.75, 3.05) is 40.3 Å². The van der Waals surface area contributed by atoms with Crippen LogP contribution >= 0.6 is 0 Å². The molecular formula is C29H45N3O8. The average molecular weight is 564 g/mol. The van der Waals surface area contributed by atoms with E-state index in [2.05, 4.69) is 10.2 Å². The van der Waals surface area contributed by atoms with Gasteiger partial charge in [-0.2, -0.15) is 0 Å². The number of nitrogens with one attached hydrogen (secondary N) is 1. The maximum Gasteiger partial charge on any atom is 0.509 e. The lowest BCUT2D eigenvalue weighted by Gasteiger charge is -2.30. The second kappa shape index (κ2) is 13.0. The number of benzene rings is 1. The van der Waals surface area contributed by atoms with E-state index < -0.39 is 47.8 Å². The summed E-state index contributed by atoms with van der Waals surface area (Å²) in [5.74, 6) is 1.01. The number of likely N-dealkylation sites (tertiary alicyclic amines) is 2. The van der Waals surface area contributed by atoms with Gasteiger partial charge in [0, 0.05) is 13.1 Å². The number of hydrogen-bond acceptors (Lipinski definition) is 9. The van der Waals surface area contributed by atoms with Crippen molar-refractivity contribution in [2.45, 2.75) is 83.8 Å². The summed E-state index contributed by atoms with van der Waals surface area (Å²) in [6.07, 6.45) is -2.76. The number of alkyl carbamates (subject to hydrolysis) is 1. The molecule has 1 N–H and O–H groups in total. The number of rotatable bonds is 7. The maximum absolute atomic E-state index is 13.3. The van der Waals surface area contributed by atoms with Gasteiger partial charge in [-0.05, 0) is 91.6 Å². The smallest absolute Gasteiger partial charge is 0.497 e. The van der Waals surface area contributed by atoms with Crippen LogP contribution in [-0.2, 0) is 25.4 Å². The molecule has 0 aromatic heterocycles. The summed E-state index contributed by atoms with van der Waals surface area (Å²) in [5, 5.41) is 2.86. The molecule has 2 fully saturated rings. The van der Waals surface area contributed by atoms with Gasteiger partial charge in [0.25, 0.3) is 0 Å². The van der Waals surface area contributed by atoms with Crippen molar-refractivity contribution in [2.24, 2.45) is 5.92 Å². The Balaban J connectivity index is 1.86. The van der Waals surface area contributed by atoms with Crippen molar-refractivity contribution in [1.82, 2.24) is 15.1 Å². The Morgan fingerprint density at radius 3 is 2.15 bits per heavy atom. The van der Waals surface area contributed by atoms with Crippen LogP contribution in [0, 0.1) is 5.92 Å². The minimum Gasteiger partial charge on any atom is -0.497 e. The van der Waals surface area contributed by atoms with Crippen LogP contribution in [0.3, 0.4) is 0 Å². The highest BCUT2D eigenvalue weighted by atomic mass is 16.7. The number of carbonyl (C=O) groups excluding carboxylic acids is 3. The van der Waals surface area contributed by atoms with Gasteiger partial charge in [0.05, 0.1) is 19.7 Å². The SMILES string of the molecule is COc1ccc(C[C@@H]2[C@H](OC(=O)NC[C@H]3CCN(C)C3)[C@@H](OC(=O)OC(C)(C)C)CN2C(=O)OC(C)(C)C)cc1. The Hall–Kier alpha value is -3.21. The Morgan fingerprint density at radius 2 is 1.60 bits per heavy atom. The van der Waals surface area contributed by atoms with Crippen LogP contribution in [0.2, 0.25) is 0 Å². The highest BCUT2D eigenvalue weighted by Crippen LogP contribution is 2.30. The molecular weight excluding hydrogens is 518 g/mol. The van der Waals surface area contributed by atoms with Crippen molar-refractivity contribution < 1.29 is 38.1 Å². The molecule has 11 nitrogen and oxygen atoms in total. The molecule has 4 atom stereocenters. The minimum atomic E-state index is -0.964. The van der Waals surface area contributed by atoms with Crippen LogP contribution in [-0.4, -0.2) is 97.9 Å². The van der Waals surface area contributed by atoms with Gasteiger partial charge in [0.2, 0.25) is 0 Å². The van der Waals surface area contributed by atoms with Crippen molar-refractivity contribution >= 4 is 18.3 Å². The second-order valence-corrected chi connectivity index (χ2v) is 12.5. The number of ether oxygens (including phenoxy) is 5. The molecule has 2 saturated heterocycles. The summed E-state index contributed by atoms with van der Waals surface area (Å²) < 4.78 is 27.9. The molecule has 2 aliphatic heterocycles. The van der Waals surface area contributed by atoms with Crippen LogP contribution in [0.1, 0.15) is 53.5 Å². The molecule has 3 rings (SSSR count). The van der Waals surface area contributed by atoms with Gasteiger partial charge in [-0.3, -0.25) is 4.90 Å². The van der Waals surface area contributed by atoms with Gasteiger partial charge < -0.3 is 33.9 Å². The van der Waals surface area contributed by atoms with E-state index in [9.17, 15) is 14.4 Å². The lowest BCUT2D eigenvalue weighted by atomic mass is 10.0. The third kappa shape index (κ3) is 9.46. The monoisotopic (exact) mass is 563 g/mol. The molecule has 0 bridgehead atoms. The predicted octanol–water partition coefficient (Wildman–Crippen LogP) is 4.22. The van der Waals surface area contributed by atoms with Crippen LogP contribution in [0.25, 0.3) is 0 Å². The summed E-state index contributed by atoms with van der Waals surface area (Å²) in [7, 11) is 3.63. The molecule has 0 aliphatic carbocycles. The number of amides is 2. The van der Waals surface area contributed by atoms with E-state index in [1.807, 2.05) is 31.3 Å². The first-order chi connectivity index (χ1) is 18.6. The Bertz CT molecular complexity index is 1020. The Morgan fingerprint density at radius 1 is 0.950 bits per heavy atom. The molecule has 224 valence electrons. The number of carbonyl (C=O) groups is 3. The topological polar surface area (TPSA) is 116 Å². The highest BCUT2D eigenvalue weighted by molar-refractivity contribution is 5.71. The standard InChI is InChI=1S/C29H45N3O8/c1-28(2,3)39-26(34)32-18-23(37-27(35)40-29(4,5)6)24(22(32)15-19-9-11-21(36-8)12-10-19)38-25(33)30-16-20-13-14-31(7)17-20/h9-12,20,22-24H,13-18H2,1-8H3,(H,30,33)/t20-,22-,23+,24+/m1/s1. The van der Waals surface area contributed by atoms with Gasteiger partial charge in [-0.25, -0.2) is 14.4 Å². The first-order valence-electron chi connectivity index (χ1n) is 13.8. The van der Waals surface area contributed by atoms with Gasteiger partial charge in [-0.1, -0.05) is 12.1 Å². The molecule has 0 radical (unpaired) electrons. The molecule has 0 saturated carbocycles. The zero-order valence-corrected chi connectivity index (χ0v) is 25.0. The van der Waals surface area contributed by atoms with Crippen LogP contribution in [0.15, 0.2) is 24.3 Å².